The van der Waals surface area contributed by atoms with E-state index in [1.807, 2.05) is 30.3 Å². The Hall–Kier alpha value is -4.00. The lowest BCUT2D eigenvalue weighted by Gasteiger charge is -2.09. The molecule has 29 heavy (non-hydrogen) atoms. The van der Waals surface area contributed by atoms with Gasteiger partial charge in [-0.15, -0.1) is 0 Å². The molecule has 3 amide bonds. The molecule has 0 radical (unpaired) electrons. The van der Waals surface area contributed by atoms with Crippen LogP contribution >= 0.6 is 0 Å². The molecule has 0 aliphatic carbocycles. The van der Waals surface area contributed by atoms with Crippen molar-refractivity contribution in [2.45, 2.75) is 13.5 Å². The Morgan fingerprint density at radius 1 is 0.828 bits per heavy atom. The zero-order valence-corrected chi connectivity index (χ0v) is 15.8. The van der Waals surface area contributed by atoms with Gasteiger partial charge in [0.25, 0.3) is 11.8 Å². The maximum Gasteiger partial charge on any atom is 0.270 e. The molecule has 2 aromatic carbocycles. The summed E-state index contributed by atoms with van der Waals surface area (Å²) in [5, 5.41) is 8.19. The Labute approximate surface area is 168 Å². The van der Waals surface area contributed by atoms with Gasteiger partial charge in [-0.2, -0.15) is 0 Å². The minimum absolute atomic E-state index is 0.153. The van der Waals surface area contributed by atoms with Crippen LogP contribution in [0.25, 0.3) is 0 Å². The minimum Gasteiger partial charge on any atom is -0.347 e. The third-order valence-corrected chi connectivity index (χ3v) is 3.99. The summed E-state index contributed by atoms with van der Waals surface area (Å²) in [5.74, 6) is -0.950. The number of hydrogen-bond acceptors (Lipinski definition) is 4. The summed E-state index contributed by atoms with van der Waals surface area (Å²) in [5.41, 5.74) is 2.52. The highest BCUT2D eigenvalue weighted by molar-refractivity contribution is 6.06. The first-order valence-corrected chi connectivity index (χ1v) is 8.98. The SMILES string of the molecule is CC(=O)Nc1cccc(NC(=O)c2ccnc(C(=O)NCc3ccccc3)c2)c1. The largest absolute Gasteiger partial charge is 0.347 e. The molecule has 0 unspecified atom stereocenters. The average Bonchev–Trinajstić information content (AvgIpc) is 2.72. The topological polar surface area (TPSA) is 100 Å². The summed E-state index contributed by atoms with van der Waals surface area (Å²) in [7, 11) is 0. The molecule has 7 nitrogen and oxygen atoms in total. The molecule has 0 atom stereocenters. The van der Waals surface area contributed by atoms with E-state index in [0.717, 1.165) is 5.56 Å². The van der Waals surface area contributed by atoms with Gasteiger partial charge in [0.05, 0.1) is 0 Å². The zero-order valence-electron chi connectivity index (χ0n) is 15.8. The third kappa shape index (κ3) is 5.74. The molecule has 146 valence electrons. The second kappa shape index (κ2) is 9.27. The van der Waals surface area contributed by atoms with Crippen LogP contribution in [-0.4, -0.2) is 22.7 Å². The van der Waals surface area contributed by atoms with Crippen LogP contribution in [0, 0.1) is 0 Å². The molecule has 3 rings (SSSR count). The second-order valence-corrected chi connectivity index (χ2v) is 6.31. The van der Waals surface area contributed by atoms with Gasteiger partial charge in [0.1, 0.15) is 5.69 Å². The van der Waals surface area contributed by atoms with Gasteiger partial charge in [0, 0.05) is 36.6 Å². The van der Waals surface area contributed by atoms with Gasteiger partial charge in [0.2, 0.25) is 5.91 Å². The number of anilines is 2. The molecular weight excluding hydrogens is 368 g/mol. The highest BCUT2D eigenvalue weighted by Gasteiger charge is 2.12. The number of carbonyl (C=O) groups is 3. The predicted octanol–water partition coefficient (Wildman–Crippen LogP) is 3.22. The maximum atomic E-state index is 12.5. The summed E-state index contributed by atoms with van der Waals surface area (Å²) in [6, 6.07) is 19.3. The van der Waals surface area contributed by atoms with Crippen LogP contribution in [0.1, 0.15) is 33.3 Å². The van der Waals surface area contributed by atoms with E-state index in [1.54, 1.807) is 24.3 Å². The third-order valence-electron chi connectivity index (χ3n) is 3.99. The number of aromatic nitrogens is 1. The van der Waals surface area contributed by atoms with E-state index in [0.29, 0.717) is 23.5 Å². The predicted molar refractivity (Wildman–Crippen MR) is 111 cm³/mol. The van der Waals surface area contributed by atoms with Gasteiger partial charge in [-0.3, -0.25) is 19.4 Å². The zero-order chi connectivity index (χ0) is 20.6. The van der Waals surface area contributed by atoms with E-state index < -0.39 is 0 Å². The summed E-state index contributed by atoms with van der Waals surface area (Å²) in [6.07, 6.45) is 1.42. The first kappa shape index (κ1) is 19.8. The summed E-state index contributed by atoms with van der Waals surface area (Å²) in [6.45, 7) is 1.78. The number of amides is 3. The van der Waals surface area contributed by atoms with Gasteiger partial charge in [-0.05, 0) is 35.9 Å². The van der Waals surface area contributed by atoms with Gasteiger partial charge >= 0.3 is 0 Å². The number of pyridine rings is 1. The molecule has 1 aromatic heterocycles. The fourth-order valence-electron chi connectivity index (χ4n) is 2.65. The lowest BCUT2D eigenvalue weighted by molar-refractivity contribution is -0.114. The van der Waals surface area contributed by atoms with Crippen LogP contribution < -0.4 is 16.0 Å². The van der Waals surface area contributed by atoms with Crippen LogP contribution in [0.2, 0.25) is 0 Å². The molecule has 3 aromatic rings. The van der Waals surface area contributed by atoms with Gasteiger partial charge < -0.3 is 16.0 Å². The van der Waals surface area contributed by atoms with E-state index in [1.165, 1.54) is 25.3 Å². The molecule has 0 saturated heterocycles. The van der Waals surface area contributed by atoms with Crippen LogP contribution in [0.3, 0.4) is 0 Å². The Morgan fingerprint density at radius 2 is 1.55 bits per heavy atom. The van der Waals surface area contributed by atoms with Gasteiger partial charge in [0.15, 0.2) is 0 Å². The van der Waals surface area contributed by atoms with Crippen molar-refractivity contribution >= 4 is 29.1 Å². The van der Waals surface area contributed by atoms with Crippen molar-refractivity contribution in [3.05, 3.63) is 89.7 Å². The Balaban J connectivity index is 1.66. The molecule has 0 aliphatic rings. The van der Waals surface area contributed by atoms with Crippen molar-refractivity contribution in [1.82, 2.24) is 10.3 Å². The fourth-order valence-corrected chi connectivity index (χ4v) is 2.65. The summed E-state index contributed by atoms with van der Waals surface area (Å²) in [4.78, 5) is 40.1. The van der Waals surface area contributed by atoms with Crippen LogP contribution in [-0.2, 0) is 11.3 Å². The standard InChI is InChI=1S/C22H20N4O3/c1-15(27)25-18-8-5-9-19(13-18)26-21(28)17-10-11-23-20(12-17)22(29)24-14-16-6-3-2-4-7-16/h2-13H,14H2,1H3,(H,24,29)(H,25,27)(H,26,28). The first-order chi connectivity index (χ1) is 14.0. The lowest BCUT2D eigenvalue weighted by Crippen LogP contribution is -2.24. The Morgan fingerprint density at radius 3 is 2.28 bits per heavy atom. The van der Waals surface area contributed by atoms with Crippen LogP contribution in [0.15, 0.2) is 72.9 Å². The molecule has 1 heterocycles. The quantitative estimate of drug-likeness (QED) is 0.604. The highest BCUT2D eigenvalue weighted by Crippen LogP contribution is 2.16. The van der Waals surface area contributed by atoms with Crippen LogP contribution in [0.4, 0.5) is 11.4 Å². The minimum atomic E-state index is -0.385. The van der Waals surface area contributed by atoms with E-state index >= 15 is 0 Å². The monoisotopic (exact) mass is 388 g/mol. The van der Waals surface area contributed by atoms with E-state index in [-0.39, 0.29) is 23.4 Å². The van der Waals surface area contributed by atoms with E-state index in [2.05, 4.69) is 20.9 Å². The number of nitrogens with zero attached hydrogens (tertiary/aromatic N) is 1. The van der Waals surface area contributed by atoms with E-state index in [4.69, 9.17) is 0 Å². The van der Waals surface area contributed by atoms with Crippen molar-refractivity contribution in [3.8, 4) is 0 Å². The Kier molecular flexibility index (Phi) is 6.32. The molecule has 0 bridgehead atoms. The number of nitrogens with one attached hydrogen (secondary N) is 3. The maximum absolute atomic E-state index is 12.5. The number of benzene rings is 2. The lowest BCUT2D eigenvalue weighted by atomic mass is 10.2. The van der Waals surface area contributed by atoms with E-state index in [9.17, 15) is 14.4 Å². The smallest absolute Gasteiger partial charge is 0.270 e. The van der Waals surface area contributed by atoms with Crippen molar-refractivity contribution in [2.24, 2.45) is 0 Å². The number of carbonyl (C=O) groups excluding carboxylic acids is 3. The summed E-state index contributed by atoms with van der Waals surface area (Å²) < 4.78 is 0. The summed E-state index contributed by atoms with van der Waals surface area (Å²) >= 11 is 0. The van der Waals surface area contributed by atoms with Crippen molar-refractivity contribution in [3.63, 3.8) is 0 Å². The van der Waals surface area contributed by atoms with Gasteiger partial charge in [-0.1, -0.05) is 36.4 Å². The number of hydrogen-bond donors (Lipinski definition) is 3. The van der Waals surface area contributed by atoms with Crippen molar-refractivity contribution < 1.29 is 14.4 Å². The van der Waals surface area contributed by atoms with Gasteiger partial charge in [-0.25, -0.2) is 0 Å². The normalized spacial score (nSPS) is 10.1. The highest BCUT2D eigenvalue weighted by atomic mass is 16.2. The molecule has 0 fully saturated rings. The number of rotatable bonds is 6. The van der Waals surface area contributed by atoms with Crippen molar-refractivity contribution in [2.75, 3.05) is 10.6 Å². The molecule has 0 aliphatic heterocycles. The molecule has 3 N–H and O–H groups in total. The molecule has 7 heteroatoms. The Bertz CT molecular complexity index is 1030. The second-order valence-electron chi connectivity index (χ2n) is 6.31. The average molecular weight is 388 g/mol. The fraction of sp³-hybridized carbons (Fsp3) is 0.0909. The van der Waals surface area contributed by atoms with Crippen LogP contribution in [0.5, 0.6) is 0 Å². The molecular formula is C22H20N4O3. The first-order valence-electron chi connectivity index (χ1n) is 8.98. The molecule has 0 spiro atoms. The molecule has 0 saturated carbocycles. The van der Waals surface area contributed by atoms with Crippen molar-refractivity contribution in [1.29, 1.82) is 0 Å².